The molecule has 0 aliphatic carbocycles. The second-order valence-electron chi connectivity index (χ2n) is 3.45. The van der Waals surface area contributed by atoms with E-state index in [-0.39, 0.29) is 0 Å². The van der Waals surface area contributed by atoms with Crippen molar-refractivity contribution in [2.45, 2.75) is 6.54 Å². The molecular weight excluding hydrogens is 273 g/mol. The largest absolute Gasteiger partial charge is 0.372 e. The number of nitrogens with zero attached hydrogens (tertiary/aromatic N) is 3. The molecule has 0 amide bonds. The van der Waals surface area contributed by atoms with Gasteiger partial charge in [-0.25, -0.2) is 15.0 Å². The van der Waals surface area contributed by atoms with Gasteiger partial charge >= 0.3 is 0 Å². The zero-order valence-electron chi connectivity index (χ0n) is 9.61. The summed E-state index contributed by atoms with van der Waals surface area (Å²) >= 11 is 12.0. The molecule has 2 rings (SSSR count). The third-order valence-electron chi connectivity index (χ3n) is 2.25. The SMILES string of the molecule is CNc1nc(NCc2ccncn2)c(Cl)cc1Cl. The van der Waals surface area contributed by atoms with Gasteiger partial charge in [-0.15, -0.1) is 0 Å². The van der Waals surface area contributed by atoms with Gasteiger partial charge in [-0.3, -0.25) is 0 Å². The fourth-order valence-corrected chi connectivity index (χ4v) is 1.88. The van der Waals surface area contributed by atoms with Gasteiger partial charge in [0, 0.05) is 13.2 Å². The van der Waals surface area contributed by atoms with Crippen molar-refractivity contribution in [3.8, 4) is 0 Å². The molecule has 2 N–H and O–H groups in total. The van der Waals surface area contributed by atoms with Crippen LogP contribution in [0.5, 0.6) is 0 Å². The van der Waals surface area contributed by atoms with E-state index in [9.17, 15) is 0 Å². The van der Waals surface area contributed by atoms with Gasteiger partial charge in [-0.2, -0.15) is 0 Å². The fourth-order valence-electron chi connectivity index (χ4n) is 1.36. The van der Waals surface area contributed by atoms with Crippen LogP contribution in [-0.2, 0) is 6.54 Å². The number of anilines is 2. The van der Waals surface area contributed by atoms with Crippen molar-refractivity contribution in [1.82, 2.24) is 15.0 Å². The lowest BCUT2D eigenvalue weighted by Gasteiger charge is -2.10. The standard InChI is InChI=1S/C11H11Cl2N5/c1-14-10-8(12)4-9(13)11(18-10)16-5-7-2-3-15-6-17-7/h2-4,6H,5H2,1H3,(H2,14,16,18). The van der Waals surface area contributed by atoms with E-state index in [1.165, 1.54) is 6.33 Å². The minimum absolute atomic E-state index is 0.466. The molecule has 0 aliphatic heterocycles. The minimum Gasteiger partial charge on any atom is -0.372 e. The van der Waals surface area contributed by atoms with E-state index in [1.807, 2.05) is 6.07 Å². The number of halogens is 2. The van der Waals surface area contributed by atoms with Gasteiger partial charge in [-0.05, 0) is 12.1 Å². The molecule has 7 heteroatoms. The van der Waals surface area contributed by atoms with Gasteiger partial charge < -0.3 is 10.6 Å². The molecule has 0 fully saturated rings. The van der Waals surface area contributed by atoms with Crippen LogP contribution in [0.1, 0.15) is 5.69 Å². The summed E-state index contributed by atoms with van der Waals surface area (Å²) in [5, 5.41) is 6.94. The van der Waals surface area contributed by atoms with Crippen LogP contribution in [0.2, 0.25) is 10.0 Å². The van der Waals surface area contributed by atoms with Crippen molar-refractivity contribution in [1.29, 1.82) is 0 Å². The lowest BCUT2D eigenvalue weighted by Crippen LogP contribution is -2.05. The molecule has 0 bridgehead atoms. The highest BCUT2D eigenvalue weighted by atomic mass is 35.5. The van der Waals surface area contributed by atoms with Crippen molar-refractivity contribution in [2.24, 2.45) is 0 Å². The van der Waals surface area contributed by atoms with Crippen molar-refractivity contribution in [3.05, 3.63) is 40.4 Å². The third kappa shape index (κ3) is 3.00. The van der Waals surface area contributed by atoms with Gasteiger partial charge in [0.1, 0.15) is 18.0 Å². The van der Waals surface area contributed by atoms with Crippen LogP contribution in [0.15, 0.2) is 24.7 Å². The molecule has 5 nitrogen and oxygen atoms in total. The first-order valence-corrected chi connectivity index (χ1v) is 5.99. The summed E-state index contributed by atoms with van der Waals surface area (Å²) in [5.41, 5.74) is 0.851. The van der Waals surface area contributed by atoms with Crippen LogP contribution in [0, 0.1) is 0 Å². The van der Waals surface area contributed by atoms with E-state index < -0.39 is 0 Å². The predicted molar refractivity (Wildman–Crippen MR) is 73.2 cm³/mol. The van der Waals surface area contributed by atoms with E-state index in [1.54, 1.807) is 19.3 Å². The second kappa shape index (κ2) is 5.84. The zero-order valence-corrected chi connectivity index (χ0v) is 11.1. The summed E-state index contributed by atoms with van der Waals surface area (Å²) in [6.45, 7) is 0.514. The molecule has 94 valence electrons. The monoisotopic (exact) mass is 283 g/mol. The molecule has 2 heterocycles. The summed E-state index contributed by atoms with van der Waals surface area (Å²) in [7, 11) is 1.75. The first-order valence-electron chi connectivity index (χ1n) is 5.23. The average Bonchev–Trinajstić information content (AvgIpc) is 2.39. The number of aromatic nitrogens is 3. The van der Waals surface area contributed by atoms with Crippen molar-refractivity contribution in [3.63, 3.8) is 0 Å². The molecule has 0 unspecified atom stereocenters. The van der Waals surface area contributed by atoms with Gasteiger partial charge in [0.15, 0.2) is 0 Å². The number of pyridine rings is 1. The van der Waals surface area contributed by atoms with E-state index in [0.29, 0.717) is 28.2 Å². The normalized spacial score (nSPS) is 10.2. The molecule has 18 heavy (non-hydrogen) atoms. The van der Waals surface area contributed by atoms with Crippen LogP contribution in [0.25, 0.3) is 0 Å². The van der Waals surface area contributed by atoms with E-state index >= 15 is 0 Å². The van der Waals surface area contributed by atoms with Gasteiger partial charge in [0.05, 0.1) is 22.3 Å². The summed E-state index contributed by atoms with van der Waals surface area (Å²) < 4.78 is 0. The molecule has 0 saturated heterocycles. The Kier molecular flexibility index (Phi) is 4.17. The van der Waals surface area contributed by atoms with E-state index in [4.69, 9.17) is 23.2 Å². The van der Waals surface area contributed by atoms with Crippen LogP contribution in [0.3, 0.4) is 0 Å². The van der Waals surface area contributed by atoms with Crippen LogP contribution in [-0.4, -0.2) is 22.0 Å². The second-order valence-corrected chi connectivity index (χ2v) is 4.27. The average molecular weight is 284 g/mol. The highest BCUT2D eigenvalue weighted by Gasteiger charge is 2.08. The highest BCUT2D eigenvalue weighted by molar-refractivity contribution is 6.37. The fraction of sp³-hybridized carbons (Fsp3) is 0.182. The Bertz CT molecular complexity index is 532. The number of rotatable bonds is 4. The Labute approximate surface area is 115 Å². The summed E-state index contributed by atoms with van der Waals surface area (Å²) in [4.78, 5) is 12.2. The topological polar surface area (TPSA) is 62.7 Å². The van der Waals surface area contributed by atoms with E-state index in [0.717, 1.165) is 5.69 Å². The maximum Gasteiger partial charge on any atom is 0.147 e. The Morgan fingerprint density at radius 2 is 2.00 bits per heavy atom. The maximum atomic E-state index is 6.05. The molecule has 0 aliphatic rings. The van der Waals surface area contributed by atoms with E-state index in [2.05, 4.69) is 25.6 Å². The van der Waals surface area contributed by atoms with Crippen LogP contribution >= 0.6 is 23.2 Å². The summed E-state index contributed by atoms with van der Waals surface area (Å²) in [6.07, 6.45) is 3.17. The Morgan fingerprint density at radius 3 is 2.67 bits per heavy atom. The number of hydrogen-bond donors (Lipinski definition) is 2. The van der Waals surface area contributed by atoms with Crippen molar-refractivity contribution >= 4 is 34.8 Å². The third-order valence-corrected chi connectivity index (χ3v) is 2.82. The van der Waals surface area contributed by atoms with Crippen molar-refractivity contribution in [2.75, 3.05) is 17.7 Å². The van der Waals surface area contributed by atoms with Crippen LogP contribution in [0.4, 0.5) is 11.6 Å². The zero-order chi connectivity index (χ0) is 13.0. The Hall–Kier alpha value is -1.59. The molecular formula is C11H11Cl2N5. The molecule has 0 saturated carbocycles. The van der Waals surface area contributed by atoms with Crippen LogP contribution < -0.4 is 10.6 Å². The Balaban J connectivity index is 2.14. The number of nitrogens with one attached hydrogen (secondary N) is 2. The smallest absolute Gasteiger partial charge is 0.147 e. The lowest BCUT2D eigenvalue weighted by molar-refractivity contribution is 0.996. The quantitative estimate of drug-likeness (QED) is 0.904. The minimum atomic E-state index is 0.466. The van der Waals surface area contributed by atoms with Crippen molar-refractivity contribution < 1.29 is 0 Å². The molecule has 0 radical (unpaired) electrons. The van der Waals surface area contributed by atoms with Gasteiger partial charge in [0.2, 0.25) is 0 Å². The molecule has 2 aromatic heterocycles. The molecule has 0 aromatic carbocycles. The summed E-state index contributed by atoms with van der Waals surface area (Å²) in [6, 6.07) is 3.46. The molecule has 2 aromatic rings. The van der Waals surface area contributed by atoms with Gasteiger partial charge in [0.25, 0.3) is 0 Å². The first kappa shape index (κ1) is 12.9. The molecule has 0 spiro atoms. The summed E-state index contributed by atoms with van der Waals surface area (Å²) in [5.74, 6) is 1.13. The first-order chi connectivity index (χ1) is 8.70. The predicted octanol–water partition coefficient (Wildman–Crippen LogP) is 2.83. The number of hydrogen-bond acceptors (Lipinski definition) is 5. The Morgan fingerprint density at radius 1 is 1.22 bits per heavy atom. The lowest BCUT2D eigenvalue weighted by atomic mass is 10.4. The highest BCUT2D eigenvalue weighted by Crippen LogP contribution is 2.28. The molecule has 0 atom stereocenters. The maximum absolute atomic E-state index is 6.05. The van der Waals surface area contributed by atoms with Gasteiger partial charge in [-0.1, -0.05) is 23.2 Å².